The minimum absolute atomic E-state index is 0.0694. The predicted molar refractivity (Wildman–Crippen MR) is 73.3 cm³/mol. The molecular formula is C13H16N6O. The first kappa shape index (κ1) is 12.6. The van der Waals surface area contributed by atoms with Crippen molar-refractivity contribution in [1.29, 1.82) is 0 Å². The van der Waals surface area contributed by atoms with E-state index in [-0.39, 0.29) is 11.9 Å². The van der Waals surface area contributed by atoms with Crippen LogP contribution >= 0.6 is 0 Å². The van der Waals surface area contributed by atoms with Gasteiger partial charge in [0, 0.05) is 19.3 Å². The van der Waals surface area contributed by atoms with Crippen molar-refractivity contribution in [1.82, 2.24) is 19.7 Å². The number of piperidine rings is 1. The zero-order chi connectivity index (χ0) is 13.9. The molecule has 1 saturated heterocycles. The van der Waals surface area contributed by atoms with Gasteiger partial charge in [0.2, 0.25) is 5.82 Å². The van der Waals surface area contributed by atoms with E-state index in [1.807, 2.05) is 18.2 Å². The second-order valence-electron chi connectivity index (χ2n) is 4.84. The summed E-state index contributed by atoms with van der Waals surface area (Å²) in [6, 6.07) is 6.07. The second-order valence-corrected chi connectivity index (χ2v) is 4.84. The summed E-state index contributed by atoms with van der Waals surface area (Å²) in [5.74, 6) is 0.438. The van der Waals surface area contributed by atoms with Gasteiger partial charge in [-0.1, -0.05) is 6.07 Å². The van der Waals surface area contributed by atoms with E-state index in [2.05, 4.69) is 20.0 Å². The maximum absolute atomic E-state index is 11.0. The average Bonchev–Trinajstić information content (AvgIpc) is 2.98. The van der Waals surface area contributed by atoms with E-state index in [0.29, 0.717) is 0 Å². The molecule has 2 aromatic heterocycles. The van der Waals surface area contributed by atoms with E-state index in [1.54, 1.807) is 17.2 Å². The first-order valence-corrected chi connectivity index (χ1v) is 6.61. The molecule has 1 amide bonds. The van der Waals surface area contributed by atoms with Gasteiger partial charge < -0.3 is 10.6 Å². The van der Waals surface area contributed by atoms with Crippen LogP contribution in [-0.4, -0.2) is 38.7 Å². The molecule has 2 N–H and O–H groups in total. The Morgan fingerprint density at radius 2 is 2.25 bits per heavy atom. The second kappa shape index (κ2) is 5.28. The molecule has 0 saturated carbocycles. The molecule has 7 nitrogen and oxygen atoms in total. The van der Waals surface area contributed by atoms with E-state index < -0.39 is 5.91 Å². The molecule has 20 heavy (non-hydrogen) atoms. The van der Waals surface area contributed by atoms with Crippen LogP contribution < -0.4 is 10.6 Å². The van der Waals surface area contributed by atoms with Crippen molar-refractivity contribution in [3.05, 3.63) is 36.5 Å². The van der Waals surface area contributed by atoms with Crippen LogP contribution in [0.2, 0.25) is 0 Å². The fourth-order valence-electron chi connectivity index (χ4n) is 2.48. The fourth-order valence-corrected chi connectivity index (χ4v) is 2.48. The topological polar surface area (TPSA) is 89.9 Å². The van der Waals surface area contributed by atoms with Crippen molar-refractivity contribution in [2.75, 3.05) is 18.0 Å². The van der Waals surface area contributed by atoms with Crippen LogP contribution in [0.4, 0.5) is 5.82 Å². The molecule has 0 aliphatic carbocycles. The van der Waals surface area contributed by atoms with Crippen molar-refractivity contribution in [2.45, 2.75) is 18.9 Å². The van der Waals surface area contributed by atoms with Gasteiger partial charge in [-0.25, -0.2) is 14.6 Å². The highest BCUT2D eigenvalue weighted by Crippen LogP contribution is 2.24. The summed E-state index contributed by atoms with van der Waals surface area (Å²) in [5.41, 5.74) is 5.18. The summed E-state index contributed by atoms with van der Waals surface area (Å²) >= 11 is 0. The van der Waals surface area contributed by atoms with Crippen LogP contribution in [0.5, 0.6) is 0 Å². The molecule has 0 radical (unpaired) electrons. The summed E-state index contributed by atoms with van der Waals surface area (Å²) in [7, 11) is 0. The first-order valence-electron chi connectivity index (χ1n) is 6.61. The number of rotatable bonds is 3. The minimum Gasteiger partial charge on any atom is -0.363 e. The number of amides is 1. The predicted octanol–water partition coefficient (Wildman–Crippen LogP) is 0.613. The summed E-state index contributed by atoms with van der Waals surface area (Å²) in [6.07, 6.45) is 5.42. The number of pyridine rings is 1. The van der Waals surface area contributed by atoms with Crippen LogP contribution in [0.15, 0.2) is 30.7 Å². The Hall–Kier alpha value is -2.44. The largest absolute Gasteiger partial charge is 0.363 e. The quantitative estimate of drug-likeness (QED) is 0.884. The molecule has 0 bridgehead atoms. The van der Waals surface area contributed by atoms with Crippen molar-refractivity contribution in [2.24, 2.45) is 5.73 Å². The van der Waals surface area contributed by atoms with Gasteiger partial charge in [0.25, 0.3) is 5.91 Å². The fraction of sp³-hybridized carbons (Fsp3) is 0.385. The van der Waals surface area contributed by atoms with Crippen molar-refractivity contribution in [3.63, 3.8) is 0 Å². The molecule has 7 heteroatoms. The number of carbonyl (C=O) groups is 1. The highest BCUT2D eigenvalue weighted by Gasteiger charge is 2.23. The number of anilines is 1. The maximum atomic E-state index is 11.0. The van der Waals surface area contributed by atoms with Crippen molar-refractivity contribution < 1.29 is 4.79 Å². The van der Waals surface area contributed by atoms with Crippen LogP contribution in [0.1, 0.15) is 29.5 Å². The molecule has 3 heterocycles. The Morgan fingerprint density at radius 3 is 2.95 bits per heavy atom. The lowest BCUT2D eigenvalue weighted by Gasteiger charge is -2.33. The van der Waals surface area contributed by atoms with Crippen LogP contribution in [0.25, 0.3) is 0 Å². The summed E-state index contributed by atoms with van der Waals surface area (Å²) in [5, 5.41) is 4.15. The van der Waals surface area contributed by atoms with E-state index >= 15 is 0 Å². The molecular weight excluding hydrogens is 256 g/mol. The maximum Gasteiger partial charge on any atom is 0.288 e. The third kappa shape index (κ3) is 2.47. The zero-order valence-electron chi connectivity index (χ0n) is 11.0. The molecule has 0 aromatic carbocycles. The van der Waals surface area contributed by atoms with Gasteiger partial charge in [-0.15, -0.1) is 5.10 Å². The zero-order valence-corrected chi connectivity index (χ0v) is 11.0. The van der Waals surface area contributed by atoms with Gasteiger partial charge in [0.1, 0.15) is 12.1 Å². The summed E-state index contributed by atoms with van der Waals surface area (Å²) in [4.78, 5) is 21.6. The van der Waals surface area contributed by atoms with E-state index in [9.17, 15) is 4.79 Å². The summed E-state index contributed by atoms with van der Waals surface area (Å²) < 4.78 is 1.73. The molecule has 3 rings (SSSR count). The number of nitrogens with zero attached hydrogens (tertiary/aromatic N) is 5. The number of nitrogens with two attached hydrogens (primary N) is 1. The number of hydrogen-bond donors (Lipinski definition) is 1. The standard InChI is InChI=1S/C13H16N6O/c14-12(20)13-16-9-19(17-13)10-4-3-7-18(8-10)11-5-1-2-6-15-11/h1-2,5-6,9-10H,3-4,7-8H2,(H2,14,20). The number of hydrogen-bond acceptors (Lipinski definition) is 5. The highest BCUT2D eigenvalue weighted by molar-refractivity contribution is 5.88. The number of carbonyl (C=O) groups excluding carboxylic acids is 1. The lowest BCUT2D eigenvalue weighted by Crippen LogP contribution is -2.37. The van der Waals surface area contributed by atoms with Crippen molar-refractivity contribution >= 4 is 11.7 Å². The average molecular weight is 272 g/mol. The Kier molecular flexibility index (Phi) is 3.32. The Labute approximate surface area is 116 Å². The third-order valence-electron chi connectivity index (χ3n) is 3.47. The van der Waals surface area contributed by atoms with Crippen LogP contribution in [0.3, 0.4) is 0 Å². The van der Waals surface area contributed by atoms with E-state index in [0.717, 1.165) is 31.7 Å². The lowest BCUT2D eigenvalue weighted by molar-refractivity contribution is 0.0990. The number of primary amides is 1. The van der Waals surface area contributed by atoms with Crippen molar-refractivity contribution in [3.8, 4) is 0 Å². The highest BCUT2D eigenvalue weighted by atomic mass is 16.1. The lowest BCUT2D eigenvalue weighted by atomic mass is 10.1. The number of aromatic nitrogens is 4. The van der Waals surface area contributed by atoms with Crippen LogP contribution in [0, 0.1) is 0 Å². The molecule has 1 aliphatic rings. The van der Waals surface area contributed by atoms with Gasteiger partial charge in [-0.05, 0) is 25.0 Å². The Bertz CT molecular complexity index is 596. The Balaban J connectivity index is 1.76. The van der Waals surface area contributed by atoms with Gasteiger partial charge in [-0.2, -0.15) is 0 Å². The molecule has 1 aliphatic heterocycles. The Morgan fingerprint density at radius 1 is 1.35 bits per heavy atom. The molecule has 1 unspecified atom stereocenters. The van der Waals surface area contributed by atoms with Gasteiger partial charge in [0.05, 0.1) is 6.04 Å². The van der Waals surface area contributed by atoms with Crippen LogP contribution in [-0.2, 0) is 0 Å². The SMILES string of the molecule is NC(=O)c1ncn(C2CCCN(c3ccccn3)C2)n1. The normalized spacial score (nSPS) is 19.0. The van der Waals surface area contributed by atoms with Gasteiger partial charge in [0.15, 0.2) is 0 Å². The smallest absolute Gasteiger partial charge is 0.288 e. The van der Waals surface area contributed by atoms with E-state index in [4.69, 9.17) is 5.73 Å². The molecule has 1 atom stereocenters. The van der Waals surface area contributed by atoms with E-state index in [1.165, 1.54) is 0 Å². The molecule has 0 spiro atoms. The first-order chi connectivity index (χ1) is 9.74. The molecule has 2 aromatic rings. The minimum atomic E-state index is -0.596. The monoisotopic (exact) mass is 272 g/mol. The summed E-state index contributed by atoms with van der Waals surface area (Å²) in [6.45, 7) is 1.78. The molecule has 104 valence electrons. The third-order valence-corrected chi connectivity index (χ3v) is 3.47. The van der Waals surface area contributed by atoms with Gasteiger partial charge >= 0.3 is 0 Å². The van der Waals surface area contributed by atoms with Gasteiger partial charge in [-0.3, -0.25) is 4.79 Å². The molecule has 1 fully saturated rings.